The molecule has 3 N–H and O–H groups in total. The Bertz CT molecular complexity index is 1020. The van der Waals surface area contributed by atoms with Gasteiger partial charge in [-0.1, -0.05) is 45.9 Å². The molecule has 0 saturated carbocycles. The first-order valence-electron chi connectivity index (χ1n) is 7.88. The number of fused-ring (bicyclic) bond motifs is 1. The average Bonchev–Trinajstić information content (AvgIpc) is 2.67. The van der Waals surface area contributed by atoms with E-state index in [0.29, 0.717) is 11.3 Å². The lowest BCUT2D eigenvalue weighted by Gasteiger charge is -2.10. The summed E-state index contributed by atoms with van der Waals surface area (Å²) in [6, 6.07) is 15.4. The van der Waals surface area contributed by atoms with Crippen molar-refractivity contribution >= 4 is 48.2 Å². The minimum atomic E-state index is -3.66. The van der Waals surface area contributed by atoms with E-state index < -0.39 is 10.0 Å². The zero-order valence-corrected chi connectivity index (χ0v) is 16.5. The third kappa shape index (κ3) is 5.12. The molecule has 0 saturated heterocycles. The van der Waals surface area contributed by atoms with Gasteiger partial charge in [0.1, 0.15) is 4.90 Å². The van der Waals surface area contributed by atoms with Gasteiger partial charge in [0, 0.05) is 28.8 Å². The summed E-state index contributed by atoms with van der Waals surface area (Å²) in [6.07, 6.45) is 1.57. The summed E-state index contributed by atoms with van der Waals surface area (Å²) in [4.78, 5) is 5.17. The van der Waals surface area contributed by atoms with Crippen LogP contribution in [0.5, 0.6) is 0 Å². The van der Waals surface area contributed by atoms with Crippen LogP contribution in [0.2, 0.25) is 0 Å². The molecule has 0 aliphatic carbocycles. The van der Waals surface area contributed by atoms with Crippen LogP contribution in [-0.2, 0) is 10.0 Å². The molecule has 2 aromatic carbocycles. The molecule has 0 aliphatic heterocycles. The molecule has 0 aliphatic rings. The first kappa shape index (κ1) is 19.9. The van der Waals surface area contributed by atoms with Gasteiger partial charge in [-0.2, -0.15) is 0 Å². The zero-order chi connectivity index (χ0) is 19.3. The highest BCUT2D eigenvalue weighted by molar-refractivity contribution is 8.76. The maximum Gasteiger partial charge on any atom is 0.242 e. The lowest BCUT2D eigenvalue weighted by atomic mass is 10.2. The molecule has 3 aromatic rings. The van der Waals surface area contributed by atoms with Crippen molar-refractivity contribution in [2.24, 2.45) is 0 Å². The van der Waals surface area contributed by atoms with Gasteiger partial charge in [-0.05, 0) is 30.3 Å². The Morgan fingerprint density at radius 2 is 1.85 bits per heavy atom. The molecule has 1 heterocycles. The van der Waals surface area contributed by atoms with Crippen molar-refractivity contribution in [1.29, 1.82) is 0 Å². The van der Waals surface area contributed by atoms with E-state index in [2.05, 4.69) is 9.71 Å². The van der Waals surface area contributed by atoms with Gasteiger partial charge in [0.25, 0.3) is 0 Å². The summed E-state index contributed by atoms with van der Waals surface area (Å²) in [6.45, 7) is 0.259. The zero-order valence-electron chi connectivity index (χ0n) is 14.0. The lowest BCUT2D eigenvalue weighted by Crippen LogP contribution is -2.26. The molecule has 0 bridgehead atoms. The van der Waals surface area contributed by atoms with Crippen molar-refractivity contribution in [3.05, 3.63) is 60.8 Å². The van der Waals surface area contributed by atoms with E-state index >= 15 is 0 Å². The molecule has 0 radical (unpaired) electrons. The van der Waals surface area contributed by atoms with Crippen molar-refractivity contribution in [3.8, 4) is 0 Å². The van der Waals surface area contributed by atoms with Gasteiger partial charge < -0.3 is 0 Å². The van der Waals surface area contributed by atoms with Gasteiger partial charge in [-0.25, -0.2) is 13.1 Å². The molecule has 7 nitrogen and oxygen atoms in total. The minimum Gasteiger partial charge on any atom is -0.264 e. The Balaban J connectivity index is 1.56. The summed E-state index contributed by atoms with van der Waals surface area (Å²) in [5.74, 6) is 0.536. The quantitative estimate of drug-likeness (QED) is 0.287. The predicted octanol–water partition coefficient (Wildman–Crippen LogP) is 3.54. The fourth-order valence-corrected chi connectivity index (χ4v) is 5.62. The first-order valence-corrected chi connectivity index (χ1v) is 11.7. The summed E-state index contributed by atoms with van der Waals surface area (Å²) in [7, 11) is -0.778. The smallest absolute Gasteiger partial charge is 0.242 e. The molecule has 0 spiro atoms. The molecule has 27 heavy (non-hydrogen) atoms. The largest absolute Gasteiger partial charge is 0.264 e. The molecule has 0 unspecified atom stereocenters. The van der Waals surface area contributed by atoms with Crippen LogP contribution in [0.4, 0.5) is 5.69 Å². The Kier molecular flexibility index (Phi) is 6.58. The van der Waals surface area contributed by atoms with Crippen LogP contribution in [0.3, 0.4) is 0 Å². The van der Waals surface area contributed by atoms with Gasteiger partial charge in [0.2, 0.25) is 10.0 Å². The van der Waals surface area contributed by atoms with Crippen molar-refractivity contribution in [3.63, 3.8) is 0 Å². The van der Waals surface area contributed by atoms with Crippen LogP contribution in [-0.4, -0.2) is 36.1 Å². The van der Waals surface area contributed by atoms with E-state index in [1.807, 2.05) is 18.2 Å². The predicted molar refractivity (Wildman–Crippen MR) is 108 cm³/mol. The molecular weight excluding hydrogens is 406 g/mol. The number of anilines is 1. The summed E-state index contributed by atoms with van der Waals surface area (Å²) >= 11 is 0. The maximum absolute atomic E-state index is 12.6. The highest BCUT2D eigenvalue weighted by Gasteiger charge is 2.17. The number of hydrogen-bond donors (Lipinski definition) is 3. The fourth-order valence-electron chi connectivity index (χ4n) is 2.36. The topological polar surface area (TPSA) is 103 Å². The summed E-state index contributed by atoms with van der Waals surface area (Å²) in [5, 5.41) is 18.9. The summed E-state index contributed by atoms with van der Waals surface area (Å²) < 4.78 is 27.7. The molecule has 0 atom stereocenters. The number of para-hydroxylation sites is 1. The molecule has 10 heteroatoms. The standard InChI is InChI=1S/C17H17N3O4S3/c21-20(22)14-6-2-7-15(12-14)26-25-11-10-19-27(23,24)16-8-1-4-13-5-3-9-18-17(13)16/h1-9,12,19,21-22H,10-11H2. The van der Waals surface area contributed by atoms with Crippen LogP contribution in [0, 0.1) is 0 Å². The third-order valence-electron chi connectivity index (χ3n) is 3.57. The molecular formula is C17H17N3O4S3. The van der Waals surface area contributed by atoms with E-state index in [4.69, 9.17) is 10.4 Å². The summed E-state index contributed by atoms with van der Waals surface area (Å²) in [5.41, 5.74) is 0.702. The van der Waals surface area contributed by atoms with Crippen LogP contribution >= 0.6 is 21.6 Å². The lowest BCUT2D eigenvalue weighted by molar-refractivity contribution is 0.0290. The van der Waals surface area contributed by atoms with E-state index in [0.717, 1.165) is 10.3 Å². The first-order chi connectivity index (χ1) is 13.0. The van der Waals surface area contributed by atoms with Crippen molar-refractivity contribution in [2.75, 3.05) is 17.5 Å². The Morgan fingerprint density at radius 3 is 2.67 bits per heavy atom. The highest BCUT2D eigenvalue weighted by atomic mass is 33.1. The Labute approximate surface area is 164 Å². The Hall–Kier alpha value is -1.82. The van der Waals surface area contributed by atoms with Crippen LogP contribution in [0.15, 0.2) is 70.6 Å². The Morgan fingerprint density at radius 1 is 1.07 bits per heavy atom. The van der Waals surface area contributed by atoms with Gasteiger partial charge in [0.05, 0.1) is 11.2 Å². The number of aromatic nitrogens is 1. The molecule has 0 amide bonds. The fraction of sp³-hybridized carbons (Fsp3) is 0.118. The number of sulfonamides is 1. The van der Waals surface area contributed by atoms with Crippen LogP contribution in [0.1, 0.15) is 0 Å². The molecule has 1 aromatic heterocycles. The van der Waals surface area contributed by atoms with Gasteiger partial charge >= 0.3 is 0 Å². The van der Waals surface area contributed by atoms with E-state index in [-0.39, 0.29) is 22.4 Å². The number of benzene rings is 2. The average molecular weight is 424 g/mol. The van der Waals surface area contributed by atoms with Crippen LogP contribution < -0.4 is 9.95 Å². The second-order valence-electron chi connectivity index (χ2n) is 5.42. The monoisotopic (exact) mass is 423 g/mol. The number of rotatable bonds is 8. The second-order valence-corrected chi connectivity index (χ2v) is 9.65. The number of hydrogen-bond acceptors (Lipinski definition) is 8. The number of nitrogens with zero attached hydrogens (tertiary/aromatic N) is 2. The molecule has 0 fully saturated rings. The van der Waals surface area contributed by atoms with Crippen molar-refractivity contribution in [1.82, 2.24) is 9.71 Å². The van der Waals surface area contributed by atoms with Crippen molar-refractivity contribution in [2.45, 2.75) is 9.79 Å². The van der Waals surface area contributed by atoms with E-state index in [1.165, 1.54) is 21.6 Å². The normalized spacial score (nSPS) is 11.6. The van der Waals surface area contributed by atoms with E-state index in [1.54, 1.807) is 42.6 Å². The highest BCUT2D eigenvalue weighted by Crippen LogP contribution is 2.32. The third-order valence-corrected chi connectivity index (χ3v) is 7.42. The molecule has 142 valence electrons. The SMILES string of the molecule is O=S(=O)(NCCSSc1cccc(N(O)O)c1)c1cccc2cccnc12. The van der Waals surface area contributed by atoms with Gasteiger partial charge in [-0.15, -0.1) is 5.23 Å². The van der Waals surface area contributed by atoms with E-state index in [9.17, 15) is 8.42 Å². The molecule has 3 rings (SSSR count). The second kappa shape index (κ2) is 8.91. The minimum absolute atomic E-state index is 0.0566. The van der Waals surface area contributed by atoms with Crippen LogP contribution in [0.25, 0.3) is 10.9 Å². The van der Waals surface area contributed by atoms with Gasteiger partial charge in [-0.3, -0.25) is 15.4 Å². The van der Waals surface area contributed by atoms with Gasteiger partial charge in [0.15, 0.2) is 0 Å². The maximum atomic E-state index is 12.6. The number of pyridine rings is 1. The number of nitrogens with one attached hydrogen (secondary N) is 1. The van der Waals surface area contributed by atoms with Crippen molar-refractivity contribution < 1.29 is 18.8 Å².